The van der Waals surface area contributed by atoms with Gasteiger partial charge in [-0.2, -0.15) is 0 Å². The van der Waals surface area contributed by atoms with Gasteiger partial charge in [0.25, 0.3) is 0 Å². The zero-order valence-electron chi connectivity index (χ0n) is 67.5. The van der Waals surface area contributed by atoms with Gasteiger partial charge in [0.05, 0.1) is 20.0 Å². The highest BCUT2D eigenvalue weighted by molar-refractivity contribution is 6.10. The third-order valence-electron chi connectivity index (χ3n) is 27.4. The van der Waals surface area contributed by atoms with Gasteiger partial charge in [-0.15, -0.1) is 0 Å². The van der Waals surface area contributed by atoms with Crippen molar-refractivity contribution in [1.29, 1.82) is 0 Å². The topological polar surface area (TPSA) is 443 Å². The number of aromatic hydroxyl groups is 19. The Hall–Kier alpha value is -15.8. The number of phenolic OH excluding ortho intramolecular Hbond substituents is 19. The first kappa shape index (κ1) is 77.5. The molecule has 0 aliphatic heterocycles. The van der Waals surface area contributed by atoms with E-state index in [1.807, 2.05) is 61.5 Å². The molecule has 0 saturated carbocycles. The lowest BCUT2D eigenvalue weighted by Crippen LogP contribution is -2.34. The number of benzene rings is 15. The summed E-state index contributed by atoms with van der Waals surface area (Å²) in [7, 11) is 2.94. The zero-order valence-corrected chi connectivity index (χ0v) is 67.5. The molecule has 5 atom stereocenters. The SMILES string of the molecule is COc1cc2c(O)c3cc4c(O)cc(c(OC)c4cc13)Cc1cc(c(O)cc1O)Cc1cc(O)c3cc4c(O)c(cc(O)c4cc3c1O)Cc1cc(c(O)cc1O)C2.Cc1cc(O)c2cc1CC1CC(O)=C3C(=C1O)C1c4ccccc4C3c3c(O)c(cc(O)c31)Cc1cc(c(O)cc1O)Cc1cc(O)c3c(c1O)C1c4ccccc4C3c3c(O)cc(c(O)c31)C2. The van der Waals surface area contributed by atoms with Gasteiger partial charge in [-0.1, -0.05) is 54.6 Å². The van der Waals surface area contributed by atoms with Crippen LogP contribution in [0.4, 0.5) is 0 Å². The number of allylic oxidation sites excluding steroid dienone is 4. The summed E-state index contributed by atoms with van der Waals surface area (Å²) in [6.45, 7) is 1.85. The molecule has 0 saturated heterocycles. The number of phenols is 19. The number of fused-ring (bicyclic) bond motifs is 2. The Balaban J connectivity index is 0.000000156. The molecule has 0 radical (unpaired) electrons. The van der Waals surface area contributed by atoms with Crippen LogP contribution < -0.4 is 9.47 Å². The van der Waals surface area contributed by atoms with Crippen molar-refractivity contribution in [2.45, 2.75) is 88.4 Å². The first-order valence-electron chi connectivity index (χ1n) is 41.0. The Morgan fingerprint density at radius 1 is 0.238 bits per heavy atom. The van der Waals surface area contributed by atoms with Crippen molar-refractivity contribution in [1.82, 2.24) is 0 Å². The van der Waals surface area contributed by atoms with Crippen LogP contribution in [-0.2, 0) is 51.4 Å². The molecular weight excluding hydrogens is 1610 g/mol. The minimum absolute atomic E-state index is 0.0213. The lowest BCUT2D eigenvalue weighted by atomic mass is 9.56. The standard InChI is InChI=1S/C57H44O11.C46H36O12/c1-22-10-35(58)24-11-23(22)12-27-17-40(63)48-44-33-8-4-3-7-32(33)43(50(48)54(27)65)49-41(64)20-29(55(66)51(44)49)15-25-13-26(37(60)21-36(25)59)16-30-19-39(62)47-42-31-6-2-5-9-34(31)45(53(47)57(30)68)52-46(42)38(61)18-28(14-24)56(52)67;1-57-42-12-25-7-21-3-19(35(47)17-37(21)49)5-23-9-39(51)27-14-32-28(13-31(27)43(23)54)40(52)10-24(44(32)55)6-20-4-22(38(50)18-36(20)48)8-26-11-41(53)29-15-33(45(25)56)30(42)16-34(29)46(26)58-2/h2-11,13,18-21,27,42-45,58-68H,12,14-17H2,1H3;3-4,9-18,47-56H,5-8H2,1-2H3. The van der Waals surface area contributed by atoms with Gasteiger partial charge in [-0.25, -0.2) is 0 Å². The summed E-state index contributed by atoms with van der Waals surface area (Å²) in [5, 5.41) is 247. The van der Waals surface area contributed by atoms with Crippen molar-refractivity contribution in [2.24, 2.45) is 5.92 Å². The summed E-state index contributed by atoms with van der Waals surface area (Å²) in [6, 6.07) is 42.9. The maximum Gasteiger partial charge on any atom is 0.130 e. The molecule has 15 aromatic rings. The maximum atomic E-state index is 12.5. The largest absolute Gasteiger partial charge is 0.512 e. The monoisotopic (exact) mass is 1680 g/mol. The number of hydrogen-bond acceptors (Lipinski definition) is 23. The van der Waals surface area contributed by atoms with E-state index >= 15 is 0 Å². The molecule has 5 unspecified atom stereocenters. The molecular formula is C103H80O23. The lowest BCUT2D eigenvalue weighted by molar-refractivity contribution is 0.266. The second kappa shape index (κ2) is 27.9. The summed E-state index contributed by atoms with van der Waals surface area (Å²) in [5.41, 5.74) is 12.1. The summed E-state index contributed by atoms with van der Waals surface area (Å²) in [5.74, 6) is -6.94. The zero-order chi connectivity index (χ0) is 87.8. The van der Waals surface area contributed by atoms with Crippen LogP contribution in [0.5, 0.6) is 121 Å². The van der Waals surface area contributed by atoms with E-state index < -0.39 is 29.6 Å². The van der Waals surface area contributed by atoms with Gasteiger partial charge >= 0.3 is 0 Å². The Morgan fingerprint density at radius 3 is 0.960 bits per heavy atom. The highest BCUT2D eigenvalue weighted by Gasteiger charge is 2.53. The molecule has 0 fully saturated rings. The molecule has 630 valence electrons. The molecule has 33 rings (SSSR count). The second-order valence-electron chi connectivity index (χ2n) is 34.3. The van der Waals surface area contributed by atoms with Crippen LogP contribution in [0.1, 0.15) is 175 Å². The third kappa shape index (κ3) is 11.4. The van der Waals surface area contributed by atoms with Crippen molar-refractivity contribution < 1.29 is 117 Å². The molecule has 15 aromatic carbocycles. The van der Waals surface area contributed by atoms with Gasteiger partial charge in [0.15, 0.2) is 0 Å². The minimum Gasteiger partial charge on any atom is -0.512 e. The molecule has 18 aliphatic rings. The van der Waals surface area contributed by atoms with Crippen molar-refractivity contribution >= 4 is 43.1 Å². The molecule has 0 heterocycles. The molecule has 0 aromatic heterocycles. The minimum atomic E-state index is -0.858. The fourth-order valence-electron chi connectivity index (χ4n) is 21.5. The Labute approximate surface area is 716 Å². The first-order valence-corrected chi connectivity index (χ1v) is 41.0. The average molecular weight is 1690 g/mol. The molecule has 126 heavy (non-hydrogen) atoms. The van der Waals surface area contributed by atoms with Gasteiger partial charge in [-0.05, 0) is 177 Å². The van der Waals surface area contributed by atoms with Gasteiger partial charge in [0.2, 0.25) is 0 Å². The van der Waals surface area contributed by atoms with Gasteiger partial charge in [-0.3, -0.25) is 0 Å². The summed E-state index contributed by atoms with van der Waals surface area (Å²) in [6.07, 6.45) is -0.166. The fraction of sp³-hybridized carbons (Fsp3) is 0.165. The summed E-state index contributed by atoms with van der Waals surface area (Å²) in [4.78, 5) is 0. The van der Waals surface area contributed by atoms with Crippen LogP contribution in [0.15, 0.2) is 186 Å². The molecule has 23 nitrogen and oxygen atoms in total. The average Bonchev–Trinajstić information content (AvgIpc) is 0.689. The van der Waals surface area contributed by atoms with Gasteiger partial charge in [0, 0.05) is 226 Å². The van der Waals surface area contributed by atoms with E-state index in [9.17, 15) is 107 Å². The highest BCUT2D eigenvalue weighted by atomic mass is 16.5. The van der Waals surface area contributed by atoms with Crippen molar-refractivity contribution in [3.05, 3.63) is 331 Å². The molecule has 21 N–H and O–H groups in total. The lowest BCUT2D eigenvalue weighted by Gasteiger charge is -2.47. The third-order valence-corrected chi connectivity index (χ3v) is 27.4. The number of aliphatic hydroxyl groups is 2. The van der Waals surface area contributed by atoms with E-state index in [1.54, 1.807) is 36.4 Å². The molecule has 0 spiro atoms. The smallest absolute Gasteiger partial charge is 0.130 e. The highest BCUT2D eigenvalue weighted by Crippen LogP contribution is 2.68. The van der Waals surface area contributed by atoms with Crippen molar-refractivity contribution in [3.8, 4) is 121 Å². The number of aliphatic hydroxyl groups excluding tert-OH is 2. The van der Waals surface area contributed by atoms with Crippen molar-refractivity contribution in [3.63, 3.8) is 0 Å². The normalized spacial score (nSPS) is 17.2. The van der Waals surface area contributed by atoms with E-state index in [0.29, 0.717) is 117 Å². The number of hydrogen-bond donors (Lipinski definition) is 21. The van der Waals surface area contributed by atoms with Crippen LogP contribution in [-0.4, -0.2) is 121 Å². The van der Waals surface area contributed by atoms with E-state index in [-0.39, 0.29) is 239 Å². The summed E-state index contributed by atoms with van der Waals surface area (Å²) < 4.78 is 11.7. The molecule has 18 aliphatic carbocycles. The molecule has 0 amide bonds. The molecule has 23 heteroatoms. The van der Waals surface area contributed by atoms with Crippen LogP contribution in [0, 0.1) is 12.8 Å². The van der Waals surface area contributed by atoms with Crippen LogP contribution in [0.3, 0.4) is 0 Å². The van der Waals surface area contributed by atoms with Crippen LogP contribution >= 0.6 is 0 Å². The van der Waals surface area contributed by atoms with Crippen LogP contribution in [0.2, 0.25) is 0 Å². The predicted octanol–water partition coefficient (Wildman–Crippen LogP) is 17.9. The van der Waals surface area contributed by atoms with E-state index in [0.717, 1.165) is 39.4 Å². The first-order chi connectivity index (χ1) is 60.4. The van der Waals surface area contributed by atoms with Gasteiger partial charge in [0.1, 0.15) is 126 Å². The Kier molecular flexibility index (Phi) is 17.2. The predicted molar refractivity (Wildman–Crippen MR) is 467 cm³/mol. The van der Waals surface area contributed by atoms with Crippen molar-refractivity contribution in [2.75, 3.05) is 14.2 Å². The van der Waals surface area contributed by atoms with E-state index in [4.69, 9.17) is 9.47 Å². The number of rotatable bonds is 2. The number of aryl methyl sites for hydroxylation is 1. The quantitative estimate of drug-likeness (QED) is 0.0564. The number of ether oxygens (including phenoxy) is 2. The fourth-order valence-corrected chi connectivity index (χ4v) is 21.5. The van der Waals surface area contributed by atoms with Gasteiger partial charge < -0.3 is 117 Å². The van der Waals surface area contributed by atoms with Crippen LogP contribution in [0.25, 0.3) is 43.1 Å². The number of methoxy groups -OCH3 is 2. The maximum absolute atomic E-state index is 12.5. The van der Waals surface area contributed by atoms with E-state index in [1.165, 1.54) is 80.9 Å². The Morgan fingerprint density at radius 2 is 0.548 bits per heavy atom. The molecule has 34 bridgehead atoms. The second-order valence-corrected chi connectivity index (χ2v) is 34.3. The summed E-state index contributed by atoms with van der Waals surface area (Å²) >= 11 is 0. The Bertz CT molecular complexity index is 7540. The van der Waals surface area contributed by atoms with E-state index in [2.05, 4.69) is 0 Å².